The molecule has 42 heavy (non-hydrogen) atoms. The Morgan fingerprint density at radius 2 is 1.14 bits per heavy atom. The third-order valence-electron chi connectivity index (χ3n) is 7.03. The van der Waals surface area contributed by atoms with E-state index in [9.17, 15) is 14.4 Å². The molecular weight excluding hydrogens is 526 g/mol. The summed E-state index contributed by atoms with van der Waals surface area (Å²) in [6.07, 6.45) is 38.0. The normalized spacial score (nSPS) is 12.6. The van der Waals surface area contributed by atoms with Gasteiger partial charge in [-0.2, -0.15) is 0 Å². The summed E-state index contributed by atoms with van der Waals surface area (Å²) < 4.78 is 5.91. The Labute approximate surface area is 257 Å². The first-order chi connectivity index (χ1) is 20.5. The van der Waals surface area contributed by atoms with E-state index in [2.05, 4.69) is 67.8 Å². The molecule has 6 heteroatoms. The van der Waals surface area contributed by atoms with Crippen molar-refractivity contribution in [2.75, 3.05) is 6.54 Å². The molecule has 1 atom stereocenters. The van der Waals surface area contributed by atoms with Crippen molar-refractivity contribution in [3.63, 3.8) is 0 Å². The number of hydrogen-bond donors (Lipinski definition) is 2. The quantitative estimate of drug-likeness (QED) is 0.0516. The molecule has 0 aromatic carbocycles. The molecule has 0 aliphatic carbocycles. The van der Waals surface area contributed by atoms with Crippen molar-refractivity contribution < 1.29 is 24.2 Å². The van der Waals surface area contributed by atoms with Gasteiger partial charge in [-0.15, -0.1) is 0 Å². The lowest BCUT2D eigenvalue weighted by Gasteiger charge is -2.18. The first-order valence-electron chi connectivity index (χ1n) is 16.8. The molecule has 0 fully saturated rings. The van der Waals surface area contributed by atoms with Gasteiger partial charge in [0.2, 0.25) is 5.91 Å². The maximum atomic E-state index is 12.5. The van der Waals surface area contributed by atoms with Gasteiger partial charge in [-0.1, -0.05) is 120 Å². The molecule has 0 spiro atoms. The zero-order chi connectivity index (χ0) is 30.9. The van der Waals surface area contributed by atoms with Crippen molar-refractivity contribution >= 4 is 17.8 Å². The number of unbranched alkanes of at least 4 members (excludes halogenated alkanes) is 10. The number of allylic oxidation sites excluding steroid dienone is 8. The van der Waals surface area contributed by atoms with E-state index in [1.54, 1.807) is 0 Å². The van der Waals surface area contributed by atoms with Crippen LogP contribution < -0.4 is 5.32 Å². The Morgan fingerprint density at radius 3 is 1.69 bits per heavy atom. The second-order valence-electron chi connectivity index (χ2n) is 11.0. The average molecular weight is 588 g/mol. The molecule has 6 nitrogen and oxygen atoms in total. The molecule has 0 aliphatic rings. The minimum atomic E-state index is -1.02. The Bertz CT molecular complexity index is 784. The van der Waals surface area contributed by atoms with Crippen LogP contribution in [0.2, 0.25) is 0 Å². The van der Waals surface area contributed by atoms with Gasteiger partial charge in [0.05, 0.1) is 0 Å². The van der Waals surface area contributed by atoms with Gasteiger partial charge in [-0.25, -0.2) is 0 Å². The van der Waals surface area contributed by atoms with E-state index >= 15 is 0 Å². The second-order valence-corrected chi connectivity index (χ2v) is 11.0. The van der Waals surface area contributed by atoms with E-state index in [1.807, 2.05) is 0 Å². The van der Waals surface area contributed by atoms with Gasteiger partial charge < -0.3 is 15.2 Å². The maximum absolute atomic E-state index is 12.5. The number of rotatable bonds is 29. The number of carbonyl (C=O) groups excluding carboxylic acids is 2. The molecule has 0 aliphatic heterocycles. The minimum absolute atomic E-state index is 0.00707. The first-order valence-corrected chi connectivity index (χ1v) is 16.8. The Balaban J connectivity index is 4.25. The van der Waals surface area contributed by atoms with Crippen LogP contribution in [0.15, 0.2) is 48.6 Å². The predicted octanol–water partition coefficient (Wildman–Crippen LogP) is 9.56. The maximum Gasteiger partial charge on any atom is 0.322 e. The molecule has 0 rings (SSSR count). The topological polar surface area (TPSA) is 92.7 Å². The highest BCUT2D eigenvalue weighted by Gasteiger charge is 2.14. The SMILES string of the molecule is CC/C=C\C/C=C\C/C=C\C/C=C\CCC(=O)OC(CCCCCCCCC)CCCCCCCC(=O)NCC(=O)O. The fraction of sp³-hybridized carbons (Fsp3) is 0.694. The van der Waals surface area contributed by atoms with Crippen LogP contribution in [-0.2, 0) is 19.1 Å². The van der Waals surface area contributed by atoms with Crippen LogP contribution in [0.4, 0.5) is 0 Å². The molecule has 0 aromatic heterocycles. The molecule has 0 bridgehead atoms. The molecule has 0 radical (unpaired) electrons. The molecular formula is C36H61NO5. The van der Waals surface area contributed by atoms with E-state index < -0.39 is 5.97 Å². The number of aliphatic carboxylic acids is 1. The molecule has 2 N–H and O–H groups in total. The van der Waals surface area contributed by atoms with Gasteiger partial charge in [0.1, 0.15) is 12.6 Å². The average Bonchev–Trinajstić information content (AvgIpc) is 2.97. The smallest absolute Gasteiger partial charge is 0.322 e. The van der Waals surface area contributed by atoms with E-state index in [0.29, 0.717) is 19.3 Å². The van der Waals surface area contributed by atoms with Crippen LogP contribution in [0, 0.1) is 0 Å². The third-order valence-corrected chi connectivity index (χ3v) is 7.03. The summed E-state index contributed by atoms with van der Waals surface area (Å²) in [5, 5.41) is 11.0. The van der Waals surface area contributed by atoms with Crippen LogP contribution in [0.5, 0.6) is 0 Å². The van der Waals surface area contributed by atoms with Crippen LogP contribution in [0.1, 0.15) is 149 Å². The molecule has 240 valence electrons. The minimum Gasteiger partial charge on any atom is -0.480 e. The molecule has 0 aromatic rings. The predicted molar refractivity (Wildman–Crippen MR) is 175 cm³/mol. The lowest BCUT2D eigenvalue weighted by atomic mass is 10.0. The van der Waals surface area contributed by atoms with Crippen LogP contribution in [0.25, 0.3) is 0 Å². The number of hydrogen-bond acceptors (Lipinski definition) is 4. The van der Waals surface area contributed by atoms with Crippen molar-refractivity contribution in [3.8, 4) is 0 Å². The summed E-state index contributed by atoms with van der Waals surface area (Å²) in [7, 11) is 0. The van der Waals surface area contributed by atoms with Crippen molar-refractivity contribution in [3.05, 3.63) is 48.6 Å². The van der Waals surface area contributed by atoms with E-state index in [1.165, 1.54) is 38.5 Å². The molecule has 0 saturated heterocycles. The van der Waals surface area contributed by atoms with Crippen molar-refractivity contribution in [1.82, 2.24) is 5.32 Å². The molecule has 0 saturated carbocycles. The molecule has 1 unspecified atom stereocenters. The Kier molecular flexibility index (Phi) is 29.3. The van der Waals surface area contributed by atoms with E-state index in [4.69, 9.17) is 9.84 Å². The summed E-state index contributed by atoms with van der Waals surface area (Å²) in [4.78, 5) is 34.7. The van der Waals surface area contributed by atoms with Crippen LogP contribution >= 0.6 is 0 Å². The zero-order valence-corrected chi connectivity index (χ0v) is 26.8. The number of carboxylic acids is 1. The van der Waals surface area contributed by atoms with Gasteiger partial charge >= 0.3 is 11.9 Å². The van der Waals surface area contributed by atoms with Crippen molar-refractivity contribution in [2.45, 2.75) is 155 Å². The standard InChI is InChI=1S/C36H61NO5/c1-3-5-7-9-11-12-13-14-15-16-18-23-27-31-36(41)42-33(28-24-20-17-10-8-6-4-2)29-25-21-19-22-26-30-34(38)37-32-35(39)40/h5,7,11-12,14-15,18,23,33H,3-4,6,8-10,13,16-17,19-22,24-32H2,1-2H3,(H,37,38)(H,39,40)/b7-5-,12-11-,15-14-,23-18-. The number of amides is 1. The fourth-order valence-electron chi connectivity index (χ4n) is 4.59. The summed E-state index contributed by atoms with van der Waals surface area (Å²) >= 11 is 0. The van der Waals surface area contributed by atoms with Crippen molar-refractivity contribution in [2.24, 2.45) is 0 Å². The molecule has 0 heterocycles. The van der Waals surface area contributed by atoms with E-state index in [-0.39, 0.29) is 24.5 Å². The number of carbonyl (C=O) groups is 3. The lowest BCUT2D eigenvalue weighted by Crippen LogP contribution is -2.28. The van der Waals surface area contributed by atoms with Gasteiger partial charge in [-0.05, 0) is 64.2 Å². The van der Waals surface area contributed by atoms with Gasteiger partial charge in [0.25, 0.3) is 0 Å². The third kappa shape index (κ3) is 30.3. The first kappa shape index (κ1) is 39.4. The highest BCUT2D eigenvalue weighted by Crippen LogP contribution is 2.18. The number of esters is 1. The summed E-state index contributed by atoms with van der Waals surface area (Å²) in [6.45, 7) is 4.06. The Hall–Kier alpha value is -2.63. The lowest BCUT2D eigenvalue weighted by molar-refractivity contribution is -0.149. The number of carboxylic acid groups (broad SMARTS) is 1. The Morgan fingerprint density at radius 1 is 0.643 bits per heavy atom. The van der Waals surface area contributed by atoms with Gasteiger partial charge in [-0.3, -0.25) is 14.4 Å². The highest BCUT2D eigenvalue weighted by atomic mass is 16.5. The number of ether oxygens (including phenoxy) is 1. The van der Waals surface area contributed by atoms with Crippen LogP contribution in [0.3, 0.4) is 0 Å². The fourth-order valence-corrected chi connectivity index (χ4v) is 4.59. The largest absolute Gasteiger partial charge is 0.480 e. The summed E-state index contributed by atoms with van der Waals surface area (Å²) in [6, 6.07) is 0. The van der Waals surface area contributed by atoms with Gasteiger partial charge in [0, 0.05) is 12.8 Å². The summed E-state index contributed by atoms with van der Waals surface area (Å²) in [5.41, 5.74) is 0. The summed E-state index contributed by atoms with van der Waals surface area (Å²) in [5.74, 6) is -1.33. The monoisotopic (exact) mass is 587 g/mol. The van der Waals surface area contributed by atoms with E-state index in [0.717, 1.165) is 77.0 Å². The second kappa shape index (κ2) is 31.3. The van der Waals surface area contributed by atoms with Crippen molar-refractivity contribution in [1.29, 1.82) is 0 Å². The molecule has 1 amide bonds. The highest BCUT2D eigenvalue weighted by molar-refractivity contribution is 5.80. The van der Waals surface area contributed by atoms with Gasteiger partial charge in [0.15, 0.2) is 0 Å². The number of nitrogens with one attached hydrogen (secondary N) is 1. The van der Waals surface area contributed by atoms with Crippen LogP contribution in [-0.4, -0.2) is 35.6 Å². The zero-order valence-electron chi connectivity index (χ0n) is 26.8.